The van der Waals surface area contributed by atoms with E-state index in [-0.39, 0.29) is 0 Å². The van der Waals surface area contributed by atoms with Gasteiger partial charge in [-0.05, 0) is 45.1 Å². The van der Waals surface area contributed by atoms with Crippen molar-refractivity contribution in [2.45, 2.75) is 58.4 Å². The highest BCUT2D eigenvalue weighted by atomic mass is 16.4. The summed E-state index contributed by atoms with van der Waals surface area (Å²) in [6.45, 7) is 6.56. The summed E-state index contributed by atoms with van der Waals surface area (Å²) in [6.07, 6.45) is 6.43. The largest absolute Gasteiger partial charge is 0.480 e. The zero-order valence-corrected chi connectivity index (χ0v) is 10.8. The van der Waals surface area contributed by atoms with Gasteiger partial charge < -0.3 is 10.4 Å². The van der Waals surface area contributed by atoms with Crippen molar-refractivity contribution in [3.05, 3.63) is 0 Å². The summed E-state index contributed by atoms with van der Waals surface area (Å²) in [5.74, 6) is 0.805. The second-order valence-electron chi connectivity index (χ2n) is 5.61. The van der Waals surface area contributed by atoms with Gasteiger partial charge in [-0.3, -0.25) is 4.79 Å². The van der Waals surface area contributed by atoms with Crippen molar-refractivity contribution < 1.29 is 9.90 Å². The number of hydrogen-bond acceptors (Lipinski definition) is 2. The first-order valence-corrected chi connectivity index (χ1v) is 6.44. The minimum atomic E-state index is -0.790. The SMILES string of the molecule is CCC1CCC(CNC(C)(C)C(=O)O)CC1. The average Bonchev–Trinajstić information content (AvgIpc) is 2.27. The molecule has 1 rings (SSSR count). The maximum atomic E-state index is 10.9. The van der Waals surface area contributed by atoms with Gasteiger partial charge in [0.1, 0.15) is 5.54 Å². The maximum absolute atomic E-state index is 10.9. The second-order valence-corrected chi connectivity index (χ2v) is 5.61. The Morgan fingerprint density at radius 3 is 2.19 bits per heavy atom. The van der Waals surface area contributed by atoms with Crippen LogP contribution in [0.2, 0.25) is 0 Å². The molecule has 1 saturated carbocycles. The van der Waals surface area contributed by atoms with E-state index < -0.39 is 11.5 Å². The molecule has 0 aromatic carbocycles. The van der Waals surface area contributed by atoms with Gasteiger partial charge in [0.05, 0.1) is 0 Å². The van der Waals surface area contributed by atoms with Crippen molar-refractivity contribution in [1.29, 1.82) is 0 Å². The van der Waals surface area contributed by atoms with E-state index in [1.54, 1.807) is 13.8 Å². The third-order valence-corrected chi connectivity index (χ3v) is 3.91. The minimum Gasteiger partial charge on any atom is -0.480 e. The van der Waals surface area contributed by atoms with Crippen LogP contribution >= 0.6 is 0 Å². The summed E-state index contributed by atoms with van der Waals surface area (Å²) in [7, 11) is 0. The summed E-state index contributed by atoms with van der Waals surface area (Å²) in [5.41, 5.74) is -0.790. The predicted molar refractivity (Wildman–Crippen MR) is 65.5 cm³/mol. The first-order valence-electron chi connectivity index (χ1n) is 6.44. The fourth-order valence-electron chi connectivity index (χ4n) is 2.32. The van der Waals surface area contributed by atoms with Crippen LogP contribution in [0.5, 0.6) is 0 Å². The van der Waals surface area contributed by atoms with E-state index in [2.05, 4.69) is 12.2 Å². The van der Waals surface area contributed by atoms with Crippen molar-refractivity contribution in [2.24, 2.45) is 11.8 Å². The topological polar surface area (TPSA) is 49.3 Å². The van der Waals surface area contributed by atoms with Crippen LogP contribution in [-0.2, 0) is 4.79 Å². The highest BCUT2D eigenvalue weighted by molar-refractivity contribution is 5.77. The Balaban J connectivity index is 2.27. The Labute approximate surface area is 98.6 Å². The number of carboxylic acids is 1. The predicted octanol–water partition coefficient (Wildman–Crippen LogP) is 2.66. The van der Waals surface area contributed by atoms with Crippen LogP contribution < -0.4 is 5.32 Å². The van der Waals surface area contributed by atoms with Crippen molar-refractivity contribution >= 4 is 5.97 Å². The molecule has 16 heavy (non-hydrogen) atoms. The molecule has 0 bridgehead atoms. The van der Waals surface area contributed by atoms with E-state index in [0.717, 1.165) is 12.5 Å². The van der Waals surface area contributed by atoms with Gasteiger partial charge in [0.2, 0.25) is 0 Å². The lowest BCUT2D eigenvalue weighted by Gasteiger charge is -2.30. The van der Waals surface area contributed by atoms with Gasteiger partial charge in [-0.15, -0.1) is 0 Å². The lowest BCUT2D eigenvalue weighted by molar-refractivity contribution is -0.143. The second kappa shape index (κ2) is 5.67. The molecule has 0 amide bonds. The molecule has 0 aliphatic heterocycles. The maximum Gasteiger partial charge on any atom is 0.323 e. The molecule has 3 heteroatoms. The number of nitrogens with one attached hydrogen (secondary N) is 1. The van der Waals surface area contributed by atoms with Gasteiger partial charge in [-0.25, -0.2) is 0 Å². The molecule has 1 aliphatic rings. The van der Waals surface area contributed by atoms with Crippen LogP contribution in [0.4, 0.5) is 0 Å². The van der Waals surface area contributed by atoms with Crippen molar-refractivity contribution in [2.75, 3.05) is 6.54 Å². The van der Waals surface area contributed by atoms with Crippen LogP contribution in [-0.4, -0.2) is 23.2 Å². The highest BCUT2D eigenvalue weighted by Gasteiger charge is 2.28. The van der Waals surface area contributed by atoms with Crippen LogP contribution in [0.25, 0.3) is 0 Å². The van der Waals surface area contributed by atoms with Gasteiger partial charge in [-0.1, -0.05) is 26.2 Å². The molecule has 1 aliphatic carbocycles. The smallest absolute Gasteiger partial charge is 0.323 e. The van der Waals surface area contributed by atoms with Crippen molar-refractivity contribution in [3.8, 4) is 0 Å². The van der Waals surface area contributed by atoms with Crippen molar-refractivity contribution in [1.82, 2.24) is 5.32 Å². The molecule has 3 nitrogen and oxygen atoms in total. The molecular weight excluding hydrogens is 202 g/mol. The van der Waals surface area contributed by atoms with Crippen LogP contribution in [0.15, 0.2) is 0 Å². The Morgan fingerprint density at radius 1 is 1.25 bits per heavy atom. The van der Waals surface area contributed by atoms with Crippen LogP contribution in [0.3, 0.4) is 0 Å². The molecular formula is C13H25NO2. The Bertz CT molecular complexity index is 230. The minimum absolute atomic E-state index is 0.668. The Hall–Kier alpha value is -0.570. The quantitative estimate of drug-likeness (QED) is 0.759. The molecule has 2 N–H and O–H groups in total. The van der Waals surface area contributed by atoms with E-state index in [1.807, 2.05) is 0 Å². The summed E-state index contributed by atoms with van der Waals surface area (Å²) in [6, 6.07) is 0. The molecule has 0 radical (unpaired) electrons. The highest BCUT2D eigenvalue weighted by Crippen LogP contribution is 2.30. The van der Waals surface area contributed by atoms with Gasteiger partial charge in [-0.2, -0.15) is 0 Å². The number of hydrogen-bond donors (Lipinski definition) is 2. The van der Waals surface area contributed by atoms with Gasteiger partial charge in [0, 0.05) is 0 Å². The monoisotopic (exact) mass is 227 g/mol. The number of carbonyl (C=O) groups is 1. The zero-order valence-electron chi connectivity index (χ0n) is 10.8. The summed E-state index contributed by atoms with van der Waals surface area (Å²) < 4.78 is 0. The van der Waals surface area contributed by atoms with E-state index in [4.69, 9.17) is 5.11 Å². The Kier molecular flexibility index (Phi) is 4.78. The number of aliphatic carboxylic acids is 1. The molecule has 0 aromatic rings. The van der Waals surface area contributed by atoms with Crippen molar-refractivity contribution in [3.63, 3.8) is 0 Å². The van der Waals surface area contributed by atoms with Gasteiger partial charge in [0.25, 0.3) is 0 Å². The van der Waals surface area contributed by atoms with Gasteiger partial charge in [0.15, 0.2) is 0 Å². The van der Waals surface area contributed by atoms with Gasteiger partial charge >= 0.3 is 5.97 Å². The summed E-state index contributed by atoms with van der Waals surface area (Å²) in [5, 5.41) is 12.1. The number of rotatable bonds is 5. The van der Waals surface area contributed by atoms with Crippen LogP contribution in [0.1, 0.15) is 52.9 Å². The zero-order chi connectivity index (χ0) is 12.2. The van der Waals surface area contributed by atoms with E-state index >= 15 is 0 Å². The molecule has 1 fully saturated rings. The average molecular weight is 227 g/mol. The molecule has 0 unspecified atom stereocenters. The molecule has 0 saturated heterocycles. The first-order chi connectivity index (χ1) is 7.45. The normalized spacial score (nSPS) is 26.7. The molecule has 0 spiro atoms. The first kappa shape index (κ1) is 13.5. The third kappa shape index (κ3) is 3.78. The third-order valence-electron chi connectivity index (χ3n) is 3.91. The molecule has 0 aromatic heterocycles. The fourth-order valence-corrected chi connectivity index (χ4v) is 2.32. The summed E-state index contributed by atoms with van der Waals surface area (Å²) >= 11 is 0. The lowest BCUT2D eigenvalue weighted by atomic mass is 9.80. The summed E-state index contributed by atoms with van der Waals surface area (Å²) in [4.78, 5) is 10.9. The number of carboxylic acid groups (broad SMARTS) is 1. The fraction of sp³-hybridized carbons (Fsp3) is 0.923. The van der Waals surface area contributed by atoms with Crippen LogP contribution in [0, 0.1) is 11.8 Å². The molecule has 0 heterocycles. The Morgan fingerprint density at radius 2 is 1.75 bits per heavy atom. The molecule has 94 valence electrons. The lowest BCUT2D eigenvalue weighted by Crippen LogP contribution is -2.48. The molecule has 0 atom stereocenters. The van der Waals surface area contributed by atoms with E-state index in [1.165, 1.54) is 32.1 Å². The van der Waals surface area contributed by atoms with E-state index in [9.17, 15) is 4.79 Å². The standard InChI is InChI=1S/C13H25NO2/c1-4-10-5-7-11(8-6-10)9-14-13(2,3)12(15)16/h10-11,14H,4-9H2,1-3H3,(H,15,16). The van der Waals surface area contributed by atoms with E-state index in [0.29, 0.717) is 5.92 Å².